The van der Waals surface area contributed by atoms with Crippen molar-refractivity contribution in [2.75, 3.05) is 6.54 Å². The number of nitrogens with zero attached hydrogens (tertiary/aromatic N) is 2. The van der Waals surface area contributed by atoms with Crippen molar-refractivity contribution in [3.05, 3.63) is 41.3 Å². The topological polar surface area (TPSA) is 71.2 Å². The zero-order valence-electron chi connectivity index (χ0n) is 10.9. The monoisotopic (exact) mass is 265 g/mol. The first kappa shape index (κ1) is 13.5. The van der Waals surface area contributed by atoms with E-state index in [1.54, 1.807) is 13.0 Å². The van der Waals surface area contributed by atoms with E-state index >= 15 is 0 Å². The number of phenolic OH excluding ortho intramolecular Hbond substituents is 1. The van der Waals surface area contributed by atoms with Crippen LogP contribution in [0, 0.1) is 12.7 Å². The maximum atomic E-state index is 12.9. The summed E-state index contributed by atoms with van der Waals surface area (Å²) in [6.45, 7) is 4.28. The van der Waals surface area contributed by atoms with E-state index in [1.807, 2.05) is 6.92 Å². The lowest BCUT2D eigenvalue weighted by molar-refractivity contribution is 0.369. The van der Waals surface area contributed by atoms with Gasteiger partial charge in [-0.05, 0) is 19.9 Å². The first-order chi connectivity index (χ1) is 9.06. The van der Waals surface area contributed by atoms with Crippen molar-refractivity contribution in [3.63, 3.8) is 0 Å². The zero-order chi connectivity index (χ0) is 13.8. The van der Waals surface area contributed by atoms with Crippen molar-refractivity contribution in [2.24, 2.45) is 0 Å². The Balaban J connectivity index is 1.88. The Labute approximate surface area is 110 Å². The summed E-state index contributed by atoms with van der Waals surface area (Å²) >= 11 is 0. The standard InChI is InChI=1S/C13H16FN3O2/c1-8(11-4-3-10(14)7-12(11)18)15-6-5-13-16-9(2)17-19-13/h3-4,7-8,15,18H,5-6H2,1-2H3. The Morgan fingerprint density at radius 1 is 1.47 bits per heavy atom. The predicted octanol–water partition coefficient (Wildman–Crippen LogP) is 2.12. The molecule has 0 radical (unpaired) electrons. The highest BCUT2D eigenvalue weighted by molar-refractivity contribution is 5.34. The maximum Gasteiger partial charge on any atom is 0.227 e. The van der Waals surface area contributed by atoms with Crippen LogP contribution in [0.4, 0.5) is 4.39 Å². The normalized spacial score (nSPS) is 12.6. The number of phenols is 1. The number of nitrogens with one attached hydrogen (secondary N) is 1. The third kappa shape index (κ3) is 3.51. The largest absolute Gasteiger partial charge is 0.508 e. The lowest BCUT2D eigenvalue weighted by Gasteiger charge is -2.14. The number of benzene rings is 1. The minimum absolute atomic E-state index is 0.0476. The fraction of sp³-hybridized carbons (Fsp3) is 0.385. The third-order valence-electron chi connectivity index (χ3n) is 2.82. The Morgan fingerprint density at radius 3 is 2.89 bits per heavy atom. The molecule has 1 atom stereocenters. The average molecular weight is 265 g/mol. The summed E-state index contributed by atoms with van der Waals surface area (Å²) in [5.74, 6) is 0.683. The van der Waals surface area contributed by atoms with Crippen LogP contribution in [-0.2, 0) is 6.42 Å². The summed E-state index contributed by atoms with van der Waals surface area (Å²) in [7, 11) is 0. The second-order valence-corrected chi connectivity index (χ2v) is 4.36. The van der Waals surface area contributed by atoms with Gasteiger partial charge in [-0.1, -0.05) is 11.2 Å². The van der Waals surface area contributed by atoms with E-state index in [9.17, 15) is 9.50 Å². The Bertz CT molecular complexity index is 557. The van der Waals surface area contributed by atoms with Gasteiger partial charge in [0.2, 0.25) is 5.89 Å². The smallest absolute Gasteiger partial charge is 0.227 e. The molecule has 2 N–H and O–H groups in total. The van der Waals surface area contributed by atoms with Crippen molar-refractivity contribution in [1.82, 2.24) is 15.5 Å². The van der Waals surface area contributed by atoms with Crippen LogP contribution in [0.5, 0.6) is 5.75 Å². The van der Waals surface area contributed by atoms with Gasteiger partial charge in [-0.3, -0.25) is 0 Å². The van der Waals surface area contributed by atoms with Crippen molar-refractivity contribution in [3.8, 4) is 5.75 Å². The molecule has 0 saturated heterocycles. The van der Waals surface area contributed by atoms with Crippen LogP contribution in [0.2, 0.25) is 0 Å². The number of hydrogen-bond acceptors (Lipinski definition) is 5. The summed E-state index contributed by atoms with van der Waals surface area (Å²) < 4.78 is 17.9. The number of hydrogen-bond donors (Lipinski definition) is 2. The first-order valence-electron chi connectivity index (χ1n) is 6.07. The van der Waals surface area contributed by atoms with Gasteiger partial charge in [-0.2, -0.15) is 4.98 Å². The van der Waals surface area contributed by atoms with Crippen molar-refractivity contribution < 1.29 is 14.0 Å². The lowest BCUT2D eigenvalue weighted by atomic mass is 10.1. The molecule has 0 fully saturated rings. The summed E-state index contributed by atoms with van der Waals surface area (Å²) in [4.78, 5) is 4.09. The molecule has 2 aromatic rings. The molecule has 0 bridgehead atoms. The van der Waals surface area contributed by atoms with Crippen molar-refractivity contribution in [1.29, 1.82) is 0 Å². The van der Waals surface area contributed by atoms with E-state index in [2.05, 4.69) is 15.5 Å². The molecule has 102 valence electrons. The molecular weight excluding hydrogens is 249 g/mol. The summed E-state index contributed by atoms with van der Waals surface area (Å²) in [5.41, 5.74) is 0.656. The maximum absolute atomic E-state index is 12.9. The molecule has 1 heterocycles. The number of halogens is 1. The molecule has 5 nitrogen and oxygen atoms in total. The van der Waals surface area contributed by atoms with Gasteiger partial charge in [0.1, 0.15) is 11.6 Å². The second-order valence-electron chi connectivity index (χ2n) is 4.36. The highest BCUT2D eigenvalue weighted by Gasteiger charge is 2.11. The summed E-state index contributed by atoms with van der Waals surface area (Å²) in [5, 5.41) is 16.6. The van der Waals surface area contributed by atoms with Crippen LogP contribution in [0.15, 0.2) is 22.7 Å². The van der Waals surface area contributed by atoms with Crippen LogP contribution in [-0.4, -0.2) is 21.8 Å². The second kappa shape index (κ2) is 5.79. The van der Waals surface area contributed by atoms with Gasteiger partial charge in [0.15, 0.2) is 5.82 Å². The molecule has 2 rings (SSSR count). The third-order valence-corrected chi connectivity index (χ3v) is 2.82. The van der Waals surface area contributed by atoms with E-state index in [4.69, 9.17) is 4.52 Å². The van der Waals surface area contributed by atoms with Crippen molar-refractivity contribution >= 4 is 0 Å². The molecular formula is C13H16FN3O2. The Kier molecular flexibility index (Phi) is 4.11. The van der Waals surface area contributed by atoms with E-state index < -0.39 is 5.82 Å². The average Bonchev–Trinajstić information content (AvgIpc) is 2.75. The molecule has 0 aliphatic carbocycles. The van der Waals surface area contributed by atoms with E-state index in [0.717, 1.165) is 6.07 Å². The minimum atomic E-state index is -0.449. The number of aromatic nitrogens is 2. The summed E-state index contributed by atoms with van der Waals surface area (Å²) in [6.07, 6.45) is 0.604. The number of rotatable bonds is 5. The van der Waals surface area contributed by atoms with Gasteiger partial charge in [0.25, 0.3) is 0 Å². The molecule has 19 heavy (non-hydrogen) atoms. The van der Waals surface area contributed by atoms with Crippen LogP contribution in [0.1, 0.15) is 30.2 Å². The van der Waals surface area contributed by atoms with Gasteiger partial charge in [0, 0.05) is 30.6 Å². The molecule has 0 aliphatic rings. The molecule has 0 amide bonds. The Hall–Kier alpha value is -1.95. The number of aromatic hydroxyl groups is 1. The highest BCUT2D eigenvalue weighted by Crippen LogP contribution is 2.24. The predicted molar refractivity (Wildman–Crippen MR) is 67.2 cm³/mol. The van der Waals surface area contributed by atoms with Crippen molar-refractivity contribution in [2.45, 2.75) is 26.3 Å². The zero-order valence-corrected chi connectivity index (χ0v) is 10.9. The van der Waals surface area contributed by atoms with E-state index in [-0.39, 0.29) is 11.8 Å². The fourth-order valence-electron chi connectivity index (χ4n) is 1.83. The molecule has 0 spiro atoms. The first-order valence-corrected chi connectivity index (χ1v) is 6.07. The SMILES string of the molecule is Cc1noc(CCNC(C)c2ccc(F)cc2O)n1. The summed E-state index contributed by atoms with van der Waals surface area (Å²) in [6, 6.07) is 3.91. The van der Waals surface area contributed by atoms with Crippen LogP contribution in [0.25, 0.3) is 0 Å². The quantitative estimate of drug-likeness (QED) is 0.866. The number of aryl methyl sites for hydroxylation is 1. The molecule has 1 aromatic heterocycles. The molecule has 0 aliphatic heterocycles. The van der Waals surface area contributed by atoms with Gasteiger partial charge >= 0.3 is 0 Å². The van der Waals surface area contributed by atoms with Gasteiger partial charge in [0.05, 0.1) is 0 Å². The van der Waals surface area contributed by atoms with E-state index in [1.165, 1.54) is 6.07 Å². The van der Waals surface area contributed by atoms with Crippen LogP contribution in [0.3, 0.4) is 0 Å². The molecule has 6 heteroatoms. The van der Waals surface area contributed by atoms with Gasteiger partial charge < -0.3 is 14.9 Å². The molecule has 1 aromatic carbocycles. The van der Waals surface area contributed by atoms with E-state index in [0.29, 0.717) is 30.2 Å². The Morgan fingerprint density at radius 2 is 2.26 bits per heavy atom. The lowest BCUT2D eigenvalue weighted by Crippen LogP contribution is -2.21. The molecule has 0 saturated carbocycles. The molecule has 1 unspecified atom stereocenters. The van der Waals surface area contributed by atoms with Gasteiger partial charge in [-0.25, -0.2) is 4.39 Å². The minimum Gasteiger partial charge on any atom is -0.508 e. The van der Waals surface area contributed by atoms with Crippen LogP contribution >= 0.6 is 0 Å². The highest BCUT2D eigenvalue weighted by atomic mass is 19.1. The van der Waals surface area contributed by atoms with Crippen LogP contribution < -0.4 is 5.32 Å². The van der Waals surface area contributed by atoms with Gasteiger partial charge in [-0.15, -0.1) is 0 Å². The fourth-order valence-corrected chi connectivity index (χ4v) is 1.83.